The van der Waals surface area contributed by atoms with Crippen molar-refractivity contribution < 1.29 is 4.39 Å². The first kappa shape index (κ1) is 13.8. The van der Waals surface area contributed by atoms with Gasteiger partial charge in [-0.3, -0.25) is 4.57 Å². The van der Waals surface area contributed by atoms with Crippen molar-refractivity contribution in [2.75, 3.05) is 0 Å². The van der Waals surface area contributed by atoms with Gasteiger partial charge in [0.25, 0.3) is 0 Å². The van der Waals surface area contributed by atoms with Crippen molar-refractivity contribution in [3.8, 4) is 5.69 Å². The van der Waals surface area contributed by atoms with Crippen LogP contribution in [-0.2, 0) is 0 Å². The molecule has 1 aromatic heterocycles. The molecule has 3 aromatic rings. The molecule has 0 aliphatic carbocycles. The van der Waals surface area contributed by atoms with E-state index in [-0.39, 0.29) is 11.9 Å². The van der Waals surface area contributed by atoms with E-state index < -0.39 is 0 Å². The Morgan fingerprint density at radius 3 is 2.62 bits per heavy atom. The molecule has 0 saturated heterocycles. The van der Waals surface area contributed by atoms with Crippen LogP contribution in [0.4, 0.5) is 4.39 Å². The lowest BCUT2D eigenvalue weighted by atomic mass is 10.1. The third-order valence-corrected chi connectivity index (χ3v) is 3.91. The third-order valence-electron chi connectivity index (χ3n) is 3.91. The van der Waals surface area contributed by atoms with Crippen molar-refractivity contribution in [3.63, 3.8) is 0 Å². The number of nitrogens with two attached hydrogens (primary N) is 1. The highest BCUT2D eigenvalue weighted by Gasteiger charge is 2.16. The van der Waals surface area contributed by atoms with E-state index in [0.717, 1.165) is 16.7 Å². The van der Waals surface area contributed by atoms with Gasteiger partial charge in [-0.2, -0.15) is 0 Å². The van der Waals surface area contributed by atoms with E-state index >= 15 is 0 Å². The van der Waals surface area contributed by atoms with Crippen LogP contribution in [0.2, 0.25) is 0 Å². The van der Waals surface area contributed by atoms with Gasteiger partial charge in [-0.1, -0.05) is 6.07 Å². The number of hydrogen-bond donors (Lipinski definition) is 1. The number of aromatic nitrogens is 2. The van der Waals surface area contributed by atoms with Crippen LogP contribution in [0.1, 0.15) is 29.7 Å². The van der Waals surface area contributed by atoms with Crippen molar-refractivity contribution in [3.05, 3.63) is 59.2 Å². The Kier molecular flexibility index (Phi) is 3.26. The van der Waals surface area contributed by atoms with Crippen LogP contribution in [0.5, 0.6) is 0 Å². The summed E-state index contributed by atoms with van der Waals surface area (Å²) >= 11 is 0. The lowest BCUT2D eigenvalue weighted by Crippen LogP contribution is -2.12. The topological polar surface area (TPSA) is 43.8 Å². The predicted molar refractivity (Wildman–Crippen MR) is 83.1 cm³/mol. The van der Waals surface area contributed by atoms with Crippen LogP contribution in [0.3, 0.4) is 0 Å². The Bertz CT molecular complexity index is 818. The van der Waals surface area contributed by atoms with Gasteiger partial charge < -0.3 is 5.73 Å². The maximum Gasteiger partial charge on any atom is 0.130 e. The van der Waals surface area contributed by atoms with Crippen molar-refractivity contribution in [2.24, 2.45) is 5.73 Å². The van der Waals surface area contributed by atoms with Crippen molar-refractivity contribution >= 4 is 11.0 Å². The Morgan fingerprint density at radius 1 is 1.19 bits per heavy atom. The van der Waals surface area contributed by atoms with Gasteiger partial charge in [0.2, 0.25) is 0 Å². The molecule has 3 nitrogen and oxygen atoms in total. The van der Waals surface area contributed by atoms with Gasteiger partial charge >= 0.3 is 0 Å². The number of hydrogen-bond acceptors (Lipinski definition) is 2. The van der Waals surface area contributed by atoms with Gasteiger partial charge in [-0.15, -0.1) is 0 Å². The smallest absolute Gasteiger partial charge is 0.130 e. The van der Waals surface area contributed by atoms with Crippen molar-refractivity contribution in [1.29, 1.82) is 0 Å². The van der Waals surface area contributed by atoms with Crippen LogP contribution < -0.4 is 5.73 Å². The number of nitrogens with zero attached hydrogens (tertiary/aromatic N) is 2. The fourth-order valence-corrected chi connectivity index (χ4v) is 2.64. The van der Waals surface area contributed by atoms with Gasteiger partial charge in [-0.25, -0.2) is 9.37 Å². The monoisotopic (exact) mass is 283 g/mol. The highest BCUT2D eigenvalue weighted by molar-refractivity contribution is 5.79. The van der Waals surface area contributed by atoms with E-state index in [2.05, 4.69) is 24.9 Å². The molecule has 0 spiro atoms. The number of benzene rings is 2. The molecular weight excluding hydrogens is 265 g/mol. The van der Waals surface area contributed by atoms with Crippen LogP contribution in [0.25, 0.3) is 16.7 Å². The van der Waals surface area contributed by atoms with E-state index in [0.29, 0.717) is 5.56 Å². The molecule has 0 fully saturated rings. The second-order valence-electron chi connectivity index (χ2n) is 5.50. The summed E-state index contributed by atoms with van der Waals surface area (Å²) in [6.07, 6.45) is 1.73. The molecule has 3 rings (SSSR count). The first-order valence-electron chi connectivity index (χ1n) is 6.97. The van der Waals surface area contributed by atoms with Gasteiger partial charge in [0.05, 0.1) is 16.7 Å². The lowest BCUT2D eigenvalue weighted by Gasteiger charge is -2.15. The molecule has 0 bridgehead atoms. The molecule has 0 aliphatic rings. The van der Waals surface area contributed by atoms with E-state index in [4.69, 9.17) is 5.73 Å². The molecule has 108 valence electrons. The first-order valence-corrected chi connectivity index (χ1v) is 6.97. The molecule has 1 atom stereocenters. The zero-order chi connectivity index (χ0) is 15.1. The maximum atomic E-state index is 14.1. The second-order valence-corrected chi connectivity index (χ2v) is 5.50. The number of halogens is 1. The summed E-state index contributed by atoms with van der Waals surface area (Å²) in [6, 6.07) is 8.75. The number of rotatable bonds is 2. The SMILES string of the molecule is Cc1cc2ncn(-c3cccc(F)c3[C@H](C)N)c2cc1C. The number of aryl methyl sites for hydroxylation is 2. The quantitative estimate of drug-likeness (QED) is 0.777. The average molecular weight is 283 g/mol. The Hall–Kier alpha value is -2.20. The molecule has 0 amide bonds. The second kappa shape index (κ2) is 4.97. The summed E-state index contributed by atoms with van der Waals surface area (Å²) in [4.78, 5) is 4.43. The normalized spacial score (nSPS) is 12.8. The zero-order valence-electron chi connectivity index (χ0n) is 12.4. The van der Waals surface area contributed by atoms with Crippen molar-refractivity contribution in [1.82, 2.24) is 9.55 Å². The number of fused-ring (bicyclic) bond motifs is 1. The summed E-state index contributed by atoms with van der Waals surface area (Å²) in [7, 11) is 0. The lowest BCUT2D eigenvalue weighted by molar-refractivity contribution is 0.591. The van der Waals surface area contributed by atoms with Gasteiger partial charge in [0, 0.05) is 11.6 Å². The molecule has 0 unspecified atom stereocenters. The fourth-order valence-electron chi connectivity index (χ4n) is 2.64. The zero-order valence-corrected chi connectivity index (χ0v) is 12.4. The third kappa shape index (κ3) is 2.21. The minimum absolute atomic E-state index is 0.284. The molecule has 0 radical (unpaired) electrons. The van der Waals surface area contributed by atoms with E-state index in [1.807, 2.05) is 16.7 Å². The summed E-state index contributed by atoms with van der Waals surface area (Å²) in [5.74, 6) is -0.284. The summed E-state index contributed by atoms with van der Waals surface area (Å²) in [5.41, 5.74) is 11.4. The predicted octanol–water partition coefficient (Wildman–Crippen LogP) is 3.80. The summed E-state index contributed by atoms with van der Waals surface area (Å²) in [5, 5.41) is 0. The fraction of sp³-hybridized carbons (Fsp3) is 0.235. The summed E-state index contributed by atoms with van der Waals surface area (Å²) < 4.78 is 16.0. The van der Waals surface area contributed by atoms with Crippen LogP contribution >= 0.6 is 0 Å². The standard InChI is InChI=1S/C17H18FN3/c1-10-7-14-16(8-11(10)2)21(9-20-14)15-6-4-5-13(18)17(15)12(3)19/h4-9,12H,19H2,1-3H3/t12-/m0/s1. The van der Waals surface area contributed by atoms with Gasteiger partial charge in [0.15, 0.2) is 0 Å². The van der Waals surface area contributed by atoms with Gasteiger partial charge in [0.1, 0.15) is 12.1 Å². The Morgan fingerprint density at radius 2 is 1.90 bits per heavy atom. The molecule has 0 saturated carbocycles. The molecule has 4 heteroatoms. The van der Waals surface area contributed by atoms with Crippen molar-refractivity contribution in [2.45, 2.75) is 26.8 Å². The Balaban J connectivity index is 2.31. The molecular formula is C17H18FN3. The average Bonchev–Trinajstić information content (AvgIpc) is 2.81. The van der Waals surface area contributed by atoms with E-state index in [1.54, 1.807) is 19.3 Å². The van der Waals surface area contributed by atoms with Crippen LogP contribution in [0.15, 0.2) is 36.7 Å². The minimum Gasteiger partial charge on any atom is -0.324 e. The highest BCUT2D eigenvalue weighted by atomic mass is 19.1. The highest BCUT2D eigenvalue weighted by Crippen LogP contribution is 2.27. The largest absolute Gasteiger partial charge is 0.324 e. The van der Waals surface area contributed by atoms with Crippen LogP contribution in [-0.4, -0.2) is 9.55 Å². The molecule has 1 heterocycles. The summed E-state index contributed by atoms with van der Waals surface area (Å²) in [6.45, 7) is 5.91. The minimum atomic E-state index is -0.384. The molecule has 21 heavy (non-hydrogen) atoms. The molecule has 2 aromatic carbocycles. The van der Waals surface area contributed by atoms with E-state index in [9.17, 15) is 4.39 Å². The molecule has 0 aliphatic heterocycles. The Labute approximate surface area is 123 Å². The number of imidazole rings is 1. The first-order chi connectivity index (χ1) is 9.99. The maximum absolute atomic E-state index is 14.1. The molecule has 2 N–H and O–H groups in total. The van der Waals surface area contributed by atoms with Crippen LogP contribution in [0, 0.1) is 19.7 Å². The van der Waals surface area contributed by atoms with E-state index in [1.165, 1.54) is 17.2 Å². The van der Waals surface area contributed by atoms with Gasteiger partial charge in [-0.05, 0) is 56.2 Å².